The second-order valence-electron chi connectivity index (χ2n) is 10.3. The molecule has 5 rings (SSSR count). The number of alkyl halides is 3. The van der Waals surface area contributed by atoms with E-state index in [0.29, 0.717) is 11.1 Å². The lowest BCUT2D eigenvalue weighted by atomic mass is 9.98. The predicted octanol–water partition coefficient (Wildman–Crippen LogP) is 4.06. The first-order chi connectivity index (χ1) is 20.7. The molecule has 0 aromatic heterocycles. The van der Waals surface area contributed by atoms with Crippen molar-refractivity contribution in [3.05, 3.63) is 107 Å². The van der Waals surface area contributed by atoms with Crippen molar-refractivity contribution in [3.63, 3.8) is 0 Å². The number of hydrogen-bond acceptors (Lipinski definition) is 4. The Kier molecular flexibility index (Phi) is 8.68. The van der Waals surface area contributed by atoms with Gasteiger partial charge in [-0.1, -0.05) is 78.7 Å². The fourth-order valence-corrected chi connectivity index (χ4v) is 5.47. The molecule has 2 saturated heterocycles. The summed E-state index contributed by atoms with van der Waals surface area (Å²) in [5, 5.41) is 5.81. The van der Waals surface area contributed by atoms with Crippen LogP contribution >= 0.6 is 0 Å². The topological polar surface area (TPSA) is 76.2 Å². The molecule has 0 radical (unpaired) electrons. The molecule has 2 atom stereocenters. The van der Waals surface area contributed by atoms with Crippen LogP contribution in [0.4, 0.5) is 18.0 Å². The van der Waals surface area contributed by atoms with Gasteiger partial charge in [0.2, 0.25) is 11.8 Å². The summed E-state index contributed by atoms with van der Waals surface area (Å²) in [6.45, 7) is 0.195. The number of terminal acetylenes is 1. The molecular formula is C32H30F3N5O3. The van der Waals surface area contributed by atoms with Crippen LogP contribution in [0.1, 0.15) is 28.3 Å². The largest absolute Gasteiger partial charge is 0.416 e. The van der Waals surface area contributed by atoms with E-state index in [1.807, 2.05) is 30.3 Å². The number of rotatable bonds is 7. The molecular weight excluding hydrogens is 559 g/mol. The first-order valence-electron chi connectivity index (χ1n) is 13.8. The van der Waals surface area contributed by atoms with Crippen molar-refractivity contribution in [2.75, 3.05) is 26.2 Å². The fourth-order valence-electron chi connectivity index (χ4n) is 5.47. The highest BCUT2D eigenvalue weighted by Gasteiger charge is 2.51. The van der Waals surface area contributed by atoms with E-state index in [4.69, 9.17) is 6.42 Å². The summed E-state index contributed by atoms with van der Waals surface area (Å²) in [4.78, 5) is 44.2. The van der Waals surface area contributed by atoms with E-state index in [2.05, 4.69) is 11.2 Å². The van der Waals surface area contributed by atoms with Gasteiger partial charge in [-0.3, -0.25) is 9.59 Å². The zero-order chi connectivity index (χ0) is 30.6. The maximum absolute atomic E-state index is 13.9. The van der Waals surface area contributed by atoms with E-state index < -0.39 is 30.0 Å². The van der Waals surface area contributed by atoms with Gasteiger partial charge in [0, 0.05) is 13.1 Å². The number of carbonyl (C=O) groups excluding carboxylic acids is 3. The number of benzene rings is 3. The molecule has 2 aliphatic heterocycles. The van der Waals surface area contributed by atoms with E-state index in [1.54, 1.807) is 35.2 Å². The van der Waals surface area contributed by atoms with Crippen molar-refractivity contribution in [2.45, 2.75) is 31.3 Å². The van der Waals surface area contributed by atoms with Gasteiger partial charge in [-0.05, 0) is 35.2 Å². The average molecular weight is 590 g/mol. The van der Waals surface area contributed by atoms with Crippen LogP contribution in [0, 0.1) is 12.3 Å². The number of fused-ring (bicyclic) bond motifs is 1. The van der Waals surface area contributed by atoms with Crippen LogP contribution in [0.25, 0.3) is 0 Å². The molecule has 0 unspecified atom stereocenters. The molecule has 8 nitrogen and oxygen atoms in total. The van der Waals surface area contributed by atoms with E-state index in [-0.39, 0.29) is 51.0 Å². The Bertz CT molecular complexity index is 1490. The number of hydrogen-bond donors (Lipinski definition) is 1. The lowest BCUT2D eigenvalue weighted by Gasteiger charge is -2.55. The van der Waals surface area contributed by atoms with Gasteiger partial charge < -0.3 is 15.1 Å². The molecule has 2 fully saturated rings. The van der Waals surface area contributed by atoms with E-state index in [1.165, 1.54) is 27.1 Å². The smallest absolute Gasteiger partial charge is 0.336 e. The number of nitrogens with zero attached hydrogens (tertiary/aromatic N) is 4. The number of halogens is 3. The highest BCUT2D eigenvalue weighted by atomic mass is 19.4. The average Bonchev–Trinajstić information content (AvgIpc) is 3.00. The van der Waals surface area contributed by atoms with Crippen LogP contribution in [0.2, 0.25) is 0 Å². The van der Waals surface area contributed by atoms with E-state index in [0.717, 1.165) is 17.7 Å². The van der Waals surface area contributed by atoms with Gasteiger partial charge in [0.05, 0.1) is 25.2 Å². The normalized spacial score (nSPS) is 19.2. The second-order valence-corrected chi connectivity index (χ2v) is 10.3. The van der Waals surface area contributed by atoms with Crippen LogP contribution in [0.15, 0.2) is 84.9 Å². The molecule has 0 aliphatic carbocycles. The lowest BCUT2D eigenvalue weighted by molar-refractivity contribution is -0.189. The minimum Gasteiger partial charge on any atom is -0.336 e. The highest BCUT2D eigenvalue weighted by molar-refractivity contribution is 5.92. The summed E-state index contributed by atoms with van der Waals surface area (Å²) in [7, 11) is 0. The highest BCUT2D eigenvalue weighted by Crippen LogP contribution is 2.35. The lowest BCUT2D eigenvalue weighted by Crippen LogP contribution is -2.74. The van der Waals surface area contributed by atoms with Crippen molar-refractivity contribution in [1.82, 2.24) is 25.1 Å². The molecule has 4 amide bonds. The molecule has 11 heteroatoms. The number of amides is 4. The Balaban J connectivity index is 1.45. The zero-order valence-corrected chi connectivity index (χ0v) is 23.2. The first kappa shape index (κ1) is 29.7. The van der Waals surface area contributed by atoms with Crippen LogP contribution < -0.4 is 5.32 Å². The zero-order valence-electron chi connectivity index (χ0n) is 23.2. The van der Waals surface area contributed by atoms with Gasteiger partial charge in [0.1, 0.15) is 12.2 Å². The maximum Gasteiger partial charge on any atom is 0.416 e. The van der Waals surface area contributed by atoms with Crippen LogP contribution in [0.5, 0.6) is 0 Å². The fraction of sp³-hybridized carbons (Fsp3) is 0.281. The van der Waals surface area contributed by atoms with Gasteiger partial charge in [-0.15, -0.1) is 6.42 Å². The van der Waals surface area contributed by atoms with Gasteiger partial charge in [-0.2, -0.15) is 18.2 Å². The van der Waals surface area contributed by atoms with E-state index in [9.17, 15) is 27.6 Å². The van der Waals surface area contributed by atoms with Crippen molar-refractivity contribution >= 4 is 17.8 Å². The quantitative estimate of drug-likeness (QED) is 0.422. The summed E-state index contributed by atoms with van der Waals surface area (Å²) >= 11 is 0. The summed E-state index contributed by atoms with van der Waals surface area (Å²) < 4.78 is 39.1. The monoisotopic (exact) mass is 589 g/mol. The Labute approximate surface area is 247 Å². The summed E-state index contributed by atoms with van der Waals surface area (Å²) in [6.07, 6.45) is 0.563. The summed E-state index contributed by atoms with van der Waals surface area (Å²) in [6, 6.07) is 21.5. The predicted molar refractivity (Wildman–Crippen MR) is 152 cm³/mol. The number of carbonyl (C=O) groups is 3. The van der Waals surface area contributed by atoms with Crippen molar-refractivity contribution in [3.8, 4) is 12.3 Å². The third-order valence-electron chi connectivity index (χ3n) is 7.56. The van der Waals surface area contributed by atoms with Crippen LogP contribution in [-0.2, 0) is 28.7 Å². The molecule has 0 spiro atoms. The first-order valence-corrected chi connectivity index (χ1v) is 13.8. The standard InChI is InChI=1S/C32H30F3N5O3/c1-2-18-38-22-28(41)39-27(40(38)31(43)36-20-24-9-5-3-6-10-24)21-37(30(42)29(39)25-11-7-4-8-12-25)19-17-23-13-15-26(16-14-23)32(33,34)35/h1,3-16,27,29H,17-22H2,(H,36,43)/t27-,29-/m0/s1. The number of hydrazine groups is 1. The Morgan fingerprint density at radius 1 is 0.930 bits per heavy atom. The number of urea groups is 1. The van der Waals surface area contributed by atoms with Crippen molar-refractivity contribution in [1.29, 1.82) is 0 Å². The summed E-state index contributed by atoms with van der Waals surface area (Å²) in [5.74, 6) is 1.82. The molecule has 0 saturated carbocycles. The summed E-state index contributed by atoms with van der Waals surface area (Å²) in [5.41, 5.74) is 1.32. The molecule has 3 aromatic rings. The van der Waals surface area contributed by atoms with Gasteiger partial charge >= 0.3 is 12.2 Å². The number of piperazine rings is 1. The SMILES string of the molecule is C#CCN1CC(=O)N2[C@@H](c3ccccc3)C(=O)N(CCc3ccc(C(F)(F)F)cc3)C[C@@H]2N1C(=O)NCc1ccccc1. The molecule has 43 heavy (non-hydrogen) atoms. The van der Waals surface area contributed by atoms with Gasteiger partial charge in [-0.25, -0.2) is 9.80 Å². The van der Waals surface area contributed by atoms with Crippen molar-refractivity contribution in [2.24, 2.45) is 0 Å². The third kappa shape index (κ3) is 6.49. The molecule has 222 valence electrons. The Hall–Kier alpha value is -4.82. The molecule has 3 aromatic carbocycles. The molecule has 1 N–H and O–H groups in total. The minimum atomic E-state index is -4.45. The Morgan fingerprint density at radius 3 is 2.21 bits per heavy atom. The van der Waals surface area contributed by atoms with Crippen molar-refractivity contribution < 1.29 is 27.6 Å². The van der Waals surface area contributed by atoms with Gasteiger partial charge in [0.15, 0.2) is 0 Å². The number of nitrogens with one attached hydrogen (secondary N) is 1. The molecule has 0 bridgehead atoms. The second kappa shape index (κ2) is 12.6. The molecule has 2 aliphatic rings. The maximum atomic E-state index is 13.9. The Morgan fingerprint density at radius 2 is 1.58 bits per heavy atom. The minimum absolute atomic E-state index is 0.00559. The van der Waals surface area contributed by atoms with Gasteiger partial charge in [0.25, 0.3) is 0 Å². The molecule has 2 heterocycles. The van der Waals surface area contributed by atoms with E-state index >= 15 is 0 Å². The third-order valence-corrected chi connectivity index (χ3v) is 7.56. The van der Waals surface area contributed by atoms with Crippen LogP contribution in [-0.4, -0.2) is 70.0 Å². The van der Waals surface area contributed by atoms with Crippen LogP contribution in [0.3, 0.4) is 0 Å².